The van der Waals surface area contributed by atoms with Gasteiger partial charge in [-0.15, -0.1) is 0 Å². The van der Waals surface area contributed by atoms with Gasteiger partial charge in [0.15, 0.2) is 0 Å². The SMILES string of the molecule is NC(=O)C(C[C@H](N)C(=O)O)C(N)CCC[C@H](N)C(=O)O. The molecule has 0 bridgehead atoms. The highest BCUT2D eigenvalue weighted by Crippen LogP contribution is 2.15. The molecule has 0 spiro atoms. The summed E-state index contributed by atoms with van der Waals surface area (Å²) in [6.07, 6.45) is 0.748. The second-order valence-corrected chi connectivity index (χ2v) is 4.73. The van der Waals surface area contributed by atoms with Crippen molar-refractivity contribution in [2.24, 2.45) is 28.9 Å². The third kappa shape index (κ3) is 6.45. The third-order valence-electron chi connectivity index (χ3n) is 3.08. The fourth-order valence-corrected chi connectivity index (χ4v) is 1.77. The summed E-state index contributed by atoms with van der Waals surface area (Å²) in [5.41, 5.74) is 21.7. The number of nitrogens with two attached hydrogens (primary N) is 4. The molecule has 0 saturated heterocycles. The predicted molar refractivity (Wildman–Crippen MR) is 70.4 cm³/mol. The van der Waals surface area contributed by atoms with Gasteiger partial charge in [0.1, 0.15) is 12.1 Å². The Morgan fingerprint density at radius 3 is 1.80 bits per heavy atom. The van der Waals surface area contributed by atoms with E-state index in [0.717, 1.165) is 0 Å². The van der Waals surface area contributed by atoms with Crippen molar-refractivity contribution in [2.75, 3.05) is 0 Å². The first kappa shape index (κ1) is 18.3. The quantitative estimate of drug-likeness (QED) is 0.260. The first-order valence-electron chi connectivity index (χ1n) is 6.18. The van der Waals surface area contributed by atoms with Crippen molar-refractivity contribution in [2.45, 2.75) is 43.8 Å². The molecule has 9 heteroatoms. The van der Waals surface area contributed by atoms with Crippen molar-refractivity contribution in [3.63, 3.8) is 0 Å². The fourth-order valence-electron chi connectivity index (χ4n) is 1.77. The maximum Gasteiger partial charge on any atom is 0.320 e. The molecule has 0 aliphatic rings. The molecule has 0 radical (unpaired) electrons. The van der Waals surface area contributed by atoms with Crippen LogP contribution >= 0.6 is 0 Å². The Morgan fingerprint density at radius 1 is 0.900 bits per heavy atom. The third-order valence-corrected chi connectivity index (χ3v) is 3.08. The van der Waals surface area contributed by atoms with E-state index in [9.17, 15) is 14.4 Å². The number of primary amides is 1. The molecule has 10 N–H and O–H groups in total. The van der Waals surface area contributed by atoms with Crippen LogP contribution in [0.5, 0.6) is 0 Å². The highest BCUT2D eigenvalue weighted by atomic mass is 16.4. The number of carboxylic acids is 2. The van der Waals surface area contributed by atoms with Gasteiger partial charge in [-0.25, -0.2) is 0 Å². The molecule has 4 atom stereocenters. The van der Waals surface area contributed by atoms with Crippen molar-refractivity contribution in [3.8, 4) is 0 Å². The van der Waals surface area contributed by atoms with Crippen LogP contribution in [0, 0.1) is 5.92 Å². The zero-order valence-corrected chi connectivity index (χ0v) is 11.1. The lowest BCUT2D eigenvalue weighted by molar-refractivity contribution is -0.140. The van der Waals surface area contributed by atoms with Crippen LogP contribution in [0.3, 0.4) is 0 Å². The van der Waals surface area contributed by atoms with E-state index in [-0.39, 0.29) is 12.8 Å². The van der Waals surface area contributed by atoms with E-state index in [1.54, 1.807) is 0 Å². The van der Waals surface area contributed by atoms with Crippen molar-refractivity contribution in [1.82, 2.24) is 0 Å². The van der Waals surface area contributed by atoms with Crippen LogP contribution in [0.15, 0.2) is 0 Å². The molecule has 0 fully saturated rings. The minimum atomic E-state index is -1.24. The van der Waals surface area contributed by atoms with Crippen molar-refractivity contribution < 1.29 is 24.6 Å². The van der Waals surface area contributed by atoms with E-state index < -0.39 is 41.9 Å². The number of carbonyl (C=O) groups excluding carboxylic acids is 1. The zero-order chi connectivity index (χ0) is 15.9. The van der Waals surface area contributed by atoms with E-state index in [0.29, 0.717) is 12.8 Å². The second-order valence-electron chi connectivity index (χ2n) is 4.73. The van der Waals surface area contributed by atoms with Crippen LogP contribution < -0.4 is 22.9 Å². The van der Waals surface area contributed by atoms with Crippen LogP contribution in [0.25, 0.3) is 0 Å². The molecule has 0 heterocycles. The number of hydrogen-bond donors (Lipinski definition) is 6. The highest BCUT2D eigenvalue weighted by Gasteiger charge is 2.28. The average Bonchev–Trinajstić information content (AvgIpc) is 2.34. The minimum absolute atomic E-state index is 0.156. The smallest absolute Gasteiger partial charge is 0.320 e. The van der Waals surface area contributed by atoms with Gasteiger partial charge in [-0.2, -0.15) is 0 Å². The molecular formula is C11H22N4O5. The lowest BCUT2D eigenvalue weighted by atomic mass is 9.89. The van der Waals surface area contributed by atoms with Crippen LogP contribution in [0.4, 0.5) is 0 Å². The molecule has 116 valence electrons. The standard InChI is InChI=1S/C11H22N4O5/c12-6(2-1-3-7(13)10(17)18)5(9(15)16)4-8(14)11(19)20/h5-8H,1-4,12-14H2,(H2,15,16)(H,17,18)(H,19,20)/t5?,6?,7-,8-/m0/s1. The molecule has 20 heavy (non-hydrogen) atoms. The Balaban J connectivity index is 4.36. The van der Waals surface area contributed by atoms with E-state index in [2.05, 4.69) is 0 Å². The second kappa shape index (κ2) is 8.46. The zero-order valence-electron chi connectivity index (χ0n) is 11.1. The molecule has 0 saturated carbocycles. The van der Waals surface area contributed by atoms with Gasteiger partial charge in [-0.1, -0.05) is 0 Å². The summed E-state index contributed by atoms with van der Waals surface area (Å²) in [6.45, 7) is 0. The Kier molecular flexibility index (Phi) is 7.74. The van der Waals surface area contributed by atoms with Crippen molar-refractivity contribution in [3.05, 3.63) is 0 Å². The molecule has 0 aromatic heterocycles. The topological polar surface area (TPSA) is 196 Å². The van der Waals surface area contributed by atoms with Gasteiger partial charge in [0, 0.05) is 6.04 Å². The fraction of sp³-hybridized carbons (Fsp3) is 0.727. The van der Waals surface area contributed by atoms with Gasteiger partial charge < -0.3 is 33.1 Å². The van der Waals surface area contributed by atoms with Gasteiger partial charge in [0.05, 0.1) is 5.92 Å². The van der Waals surface area contributed by atoms with Crippen molar-refractivity contribution >= 4 is 17.8 Å². The number of hydrogen-bond acceptors (Lipinski definition) is 6. The van der Waals surface area contributed by atoms with Crippen LogP contribution in [-0.2, 0) is 14.4 Å². The highest BCUT2D eigenvalue weighted by molar-refractivity contribution is 5.79. The molecule has 0 aliphatic heterocycles. The molecule has 0 aliphatic carbocycles. The Bertz CT molecular complexity index is 363. The lowest BCUT2D eigenvalue weighted by Crippen LogP contribution is -2.44. The molecular weight excluding hydrogens is 268 g/mol. The monoisotopic (exact) mass is 290 g/mol. The van der Waals surface area contributed by atoms with Crippen LogP contribution in [0.1, 0.15) is 25.7 Å². The van der Waals surface area contributed by atoms with Gasteiger partial charge in [-0.3, -0.25) is 14.4 Å². The maximum absolute atomic E-state index is 11.3. The Hall–Kier alpha value is -1.71. The number of rotatable bonds is 10. The lowest BCUT2D eigenvalue weighted by Gasteiger charge is -2.22. The van der Waals surface area contributed by atoms with Crippen molar-refractivity contribution in [1.29, 1.82) is 0 Å². The van der Waals surface area contributed by atoms with Gasteiger partial charge in [0.2, 0.25) is 5.91 Å². The Morgan fingerprint density at radius 2 is 1.40 bits per heavy atom. The van der Waals surface area contributed by atoms with Gasteiger partial charge in [0.25, 0.3) is 0 Å². The van der Waals surface area contributed by atoms with Crippen LogP contribution in [0.2, 0.25) is 0 Å². The summed E-state index contributed by atoms with van der Waals surface area (Å²) >= 11 is 0. The molecule has 0 aromatic carbocycles. The maximum atomic E-state index is 11.3. The molecule has 0 rings (SSSR count). The molecule has 1 amide bonds. The van der Waals surface area contributed by atoms with Gasteiger partial charge in [-0.05, 0) is 25.7 Å². The summed E-state index contributed by atoms with van der Waals surface area (Å²) in [5, 5.41) is 17.3. The average molecular weight is 290 g/mol. The first-order valence-corrected chi connectivity index (χ1v) is 6.18. The normalized spacial score (nSPS) is 16.9. The summed E-state index contributed by atoms with van der Waals surface area (Å²) in [4.78, 5) is 32.5. The van der Waals surface area contributed by atoms with E-state index >= 15 is 0 Å². The van der Waals surface area contributed by atoms with Gasteiger partial charge >= 0.3 is 11.9 Å². The van der Waals surface area contributed by atoms with E-state index in [1.807, 2.05) is 0 Å². The van der Waals surface area contributed by atoms with Crippen LogP contribution in [-0.4, -0.2) is 46.2 Å². The first-order chi connectivity index (χ1) is 9.16. The summed E-state index contributed by atoms with van der Waals surface area (Å²) in [7, 11) is 0. The molecule has 0 aromatic rings. The summed E-state index contributed by atoms with van der Waals surface area (Å²) in [6, 6.07) is -2.89. The minimum Gasteiger partial charge on any atom is -0.480 e. The number of carbonyl (C=O) groups is 3. The van der Waals surface area contributed by atoms with E-state index in [1.165, 1.54) is 0 Å². The molecule has 9 nitrogen and oxygen atoms in total. The number of aliphatic carboxylic acids is 2. The predicted octanol–water partition coefficient (Wildman–Crippen LogP) is -2.20. The largest absolute Gasteiger partial charge is 0.480 e. The number of carboxylic acid groups (broad SMARTS) is 2. The number of amides is 1. The molecule has 2 unspecified atom stereocenters. The summed E-state index contributed by atoms with van der Waals surface area (Å²) in [5.74, 6) is -3.95. The summed E-state index contributed by atoms with van der Waals surface area (Å²) < 4.78 is 0. The van der Waals surface area contributed by atoms with E-state index in [4.69, 9.17) is 33.1 Å². The Labute approximate surface area is 116 Å².